The highest BCUT2D eigenvalue weighted by Gasteiger charge is 2.18. The van der Waals surface area contributed by atoms with Gasteiger partial charge in [0.1, 0.15) is 11.5 Å². The summed E-state index contributed by atoms with van der Waals surface area (Å²) in [6.07, 6.45) is 1.50. The largest absolute Gasteiger partial charge is 0.460 e. The van der Waals surface area contributed by atoms with Crippen molar-refractivity contribution in [3.63, 3.8) is 0 Å². The van der Waals surface area contributed by atoms with Crippen LogP contribution in [-0.4, -0.2) is 29.2 Å². The quantitative estimate of drug-likeness (QED) is 0.918. The normalized spacial score (nSPS) is 17.3. The van der Waals surface area contributed by atoms with Crippen LogP contribution in [0, 0.1) is 0 Å². The highest BCUT2D eigenvalue weighted by molar-refractivity contribution is 6.43. The molecule has 0 aliphatic carbocycles. The lowest BCUT2D eigenvalue weighted by molar-refractivity contribution is 0.0761. The van der Waals surface area contributed by atoms with E-state index in [-0.39, 0.29) is 6.10 Å². The average Bonchev–Trinajstić information content (AvgIpc) is 2.93. The zero-order chi connectivity index (χ0) is 14.8. The molecule has 0 radical (unpaired) electrons. The zero-order valence-electron chi connectivity index (χ0n) is 11.6. The molecule has 0 unspecified atom stereocenters. The zero-order valence-corrected chi connectivity index (χ0v) is 13.1. The molecular formula is C16H17Cl2NO2. The molecule has 1 N–H and O–H groups in total. The minimum Gasteiger partial charge on any atom is -0.460 e. The van der Waals surface area contributed by atoms with Gasteiger partial charge in [0.15, 0.2) is 0 Å². The first kappa shape index (κ1) is 14.9. The molecule has 1 aromatic carbocycles. The molecule has 1 fully saturated rings. The van der Waals surface area contributed by atoms with E-state index < -0.39 is 0 Å². The number of likely N-dealkylation sites (tertiary alicyclic amines) is 1. The van der Waals surface area contributed by atoms with Crippen LogP contribution in [0.25, 0.3) is 11.3 Å². The number of hydrogen-bond acceptors (Lipinski definition) is 3. The Bertz CT molecular complexity index is 618. The Morgan fingerprint density at radius 1 is 1.14 bits per heavy atom. The van der Waals surface area contributed by atoms with Crippen molar-refractivity contribution in [2.75, 3.05) is 13.1 Å². The maximum absolute atomic E-state index is 9.53. The van der Waals surface area contributed by atoms with Crippen molar-refractivity contribution in [1.82, 2.24) is 4.90 Å². The molecule has 0 saturated carbocycles. The minimum absolute atomic E-state index is 0.154. The fourth-order valence-electron chi connectivity index (χ4n) is 2.60. The minimum atomic E-state index is -0.154. The number of furan rings is 1. The summed E-state index contributed by atoms with van der Waals surface area (Å²) in [4.78, 5) is 2.29. The Kier molecular flexibility index (Phi) is 4.55. The van der Waals surface area contributed by atoms with Crippen molar-refractivity contribution in [2.24, 2.45) is 0 Å². The second kappa shape index (κ2) is 6.41. The van der Waals surface area contributed by atoms with Crippen molar-refractivity contribution < 1.29 is 9.52 Å². The van der Waals surface area contributed by atoms with Gasteiger partial charge < -0.3 is 9.52 Å². The van der Waals surface area contributed by atoms with Crippen LogP contribution in [-0.2, 0) is 6.54 Å². The molecule has 1 aromatic heterocycles. The number of aliphatic hydroxyl groups excluding tert-OH is 1. The molecule has 0 bridgehead atoms. The van der Waals surface area contributed by atoms with Gasteiger partial charge in [0.25, 0.3) is 0 Å². The van der Waals surface area contributed by atoms with E-state index in [9.17, 15) is 5.11 Å². The number of rotatable bonds is 3. The van der Waals surface area contributed by atoms with Gasteiger partial charge in [0, 0.05) is 18.7 Å². The SMILES string of the molecule is OC1CCN(Cc2ccc(-c3cccc(Cl)c3Cl)o2)CC1. The molecule has 3 nitrogen and oxygen atoms in total. The molecule has 21 heavy (non-hydrogen) atoms. The summed E-state index contributed by atoms with van der Waals surface area (Å²) in [5.74, 6) is 1.63. The van der Waals surface area contributed by atoms with Gasteiger partial charge in [-0.05, 0) is 37.1 Å². The number of piperidine rings is 1. The molecule has 2 heterocycles. The molecule has 0 atom stereocenters. The smallest absolute Gasteiger partial charge is 0.135 e. The Labute approximate surface area is 134 Å². The van der Waals surface area contributed by atoms with Crippen molar-refractivity contribution >= 4 is 23.2 Å². The summed E-state index contributed by atoms with van der Waals surface area (Å²) < 4.78 is 5.89. The van der Waals surface area contributed by atoms with E-state index in [0.717, 1.165) is 49.6 Å². The van der Waals surface area contributed by atoms with Crippen LogP contribution in [0.5, 0.6) is 0 Å². The summed E-state index contributed by atoms with van der Waals surface area (Å²) in [6.45, 7) is 2.55. The third-order valence-electron chi connectivity index (χ3n) is 3.82. The molecule has 0 spiro atoms. The van der Waals surface area contributed by atoms with Crippen LogP contribution in [0.4, 0.5) is 0 Å². The number of aliphatic hydroxyl groups is 1. The van der Waals surface area contributed by atoms with Crippen LogP contribution in [0.3, 0.4) is 0 Å². The lowest BCUT2D eigenvalue weighted by atomic mass is 10.1. The van der Waals surface area contributed by atoms with E-state index in [1.807, 2.05) is 24.3 Å². The maximum Gasteiger partial charge on any atom is 0.135 e. The van der Waals surface area contributed by atoms with Crippen LogP contribution in [0.1, 0.15) is 18.6 Å². The van der Waals surface area contributed by atoms with Gasteiger partial charge in [0.2, 0.25) is 0 Å². The molecule has 1 aliphatic heterocycles. The third kappa shape index (κ3) is 3.43. The summed E-state index contributed by atoms with van der Waals surface area (Å²) in [5.41, 5.74) is 0.810. The van der Waals surface area contributed by atoms with E-state index in [1.165, 1.54) is 0 Å². The third-order valence-corrected chi connectivity index (χ3v) is 4.63. The number of benzene rings is 1. The molecule has 0 amide bonds. The number of nitrogens with zero attached hydrogens (tertiary/aromatic N) is 1. The second-order valence-electron chi connectivity index (χ2n) is 5.37. The van der Waals surface area contributed by atoms with E-state index in [2.05, 4.69) is 4.90 Å². The van der Waals surface area contributed by atoms with E-state index >= 15 is 0 Å². The molecule has 1 aliphatic rings. The van der Waals surface area contributed by atoms with Crippen LogP contribution in [0.15, 0.2) is 34.7 Å². The van der Waals surface area contributed by atoms with Crippen molar-refractivity contribution in [2.45, 2.75) is 25.5 Å². The van der Waals surface area contributed by atoms with Gasteiger partial charge in [-0.1, -0.05) is 29.3 Å². The van der Waals surface area contributed by atoms with Crippen molar-refractivity contribution in [1.29, 1.82) is 0 Å². The first-order valence-corrected chi connectivity index (χ1v) is 7.82. The second-order valence-corrected chi connectivity index (χ2v) is 6.16. The van der Waals surface area contributed by atoms with Crippen molar-refractivity contribution in [3.05, 3.63) is 46.1 Å². The van der Waals surface area contributed by atoms with Crippen LogP contribution in [0.2, 0.25) is 10.0 Å². The Morgan fingerprint density at radius 3 is 2.67 bits per heavy atom. The molecule has 1 saturated heterocycles. The van der Waals surface area contributed by atoms with E-state index in [4.69, 9.17) is 27.6 Å². The van der Waals surface area contributed by atoms with Gasteiger partial charge in [0.05, 0.1) is 22.7 Å². The van der Waals surface area contributed by atoms with Gasteiger partial charge >= 0.3 is 0 Å². The fraction of sp³-hybridized carbons (Fsp3) is 0.375. The van der Waals surface area contributed by atoms with Crippen LogP contribution < -0.4 is 0 Å². The number of hydrogen-bond donors (Lipinski definition) is 1. The predicted octanol–water partition coefficient (Wildman–Crippen LogP) is 4.21. The van der Waals surface area contributed by atoms with E-state index in [1.54, 1.807) is 6.07 Å². The van der Waals surface area contributed by atoms with Gasteiger partial charge in [-0.2, -0.15) is 0 Å². The molecule has 2 aromatic rings. The predicted molar refractivity (Wildman–Crippen MR) is 84.7 cm³/mol. The summed E-state index contributed by atoms with van der Waals surface area (Å²) >= 11 is 12.2. The topological polar surface area (TPSA) is 36.6 Å². The lowest BCUT2D eigenvalue weighted by Crippen LogP contribution is -2.35. The highest BCUT2D eigenvalue weighted by Crippen LogP contribution is 2.34. The summed E-state index contributed by atoms with van der Waals surface area (Å²) in [7, 11) is 0. The highest BCUT2D eigenvalue weighted by atomic mass is 35.5. The maximum atomic E-state index is 9.53. The van der Waals surface area contributed by atoms with Gasteiger partial charge in [-0.15, -0.1) is 0 Å². The average molecular weight is 326 g/mol. The molecule has 5 heteroatoms. The Balaban J connectivity index is 1.73. The standard InChI is InChI=1S/C16H17Cl2NO2/c17-14-3-1-2-13(16(14)18)15-5-4-12(21-15)10-19-8-6-11(20)7-9-19/h1-5,11,20H,6-10H2. The van der Waals surface area contributed by atoms with Crippen LogP contribution >= 0.6 is 23.2 Å². The van der Waals surface area contributed by atoms with Gasteiger partial charge in [-0.3, -0.25) is 4.90 Å². The lowest BCUT2D eigenvalue weighted by Gasteiger charge is -2.28. The Morgan fingerprint density at radius 2 is 1.90 bits per heavy atom. The first-order valence-electron chi connectivity index (χ1n) is 7.07. The number of halogens is 2. The van der Waals surface area contributed by atoms with E-state index in [0.29, 0.717) is 10.0 Å². The molecule has 3 rings (SSSR count). The molecular weight excluding hydrogens is 309 g/mol. The van der Waals surface area contributed by atoms with Gasteiger partial charge in [-0.25, -0.2) is 0 Å². The fourth-order valence-corrected chi connectivity index (χ4v) is 2.99. The molecule has 112 valence electrons. The van der Waals surface area contributed by atoms with Crippen molar-refractivity contribution in [3.8, 4) is 11.3 Å². The Hall–Kier alpha value is -1.000. The summed E-state index contributed by atoms with van der Waals surface area (Å²) in [5, 5.41) is 10.6. The monoisotopic (exact) mass is 325 g/mol. The summed E-state index contributed by atoms with van der Waals surface area (Å²) in [6, 6.07) is 9.41. The first-order chi connectivity index (χ1) is 10.1.